The van der Waals surface area contributed by atoms with E-state index in [4.69, 9.17) is 4.42 Å². The van der Waals surface area contributed by atoms with Gasteiger partial charge in [0, 0.05) is 19.1 Å². The summed E-state index contributed by atoms with van der Waals surface area (Å²) in [4.78, 5) is 11.8. The summed E-state index contributed by atoms with van der Waals surface area (Å²) in [7, 11) is -2.64. The number of carbonyl (C=O) groups excluding carboxylic acids is 1. The van der Waals surface area contributed by atoms with Crippen LogP contribution in [-0.4, -0.2) is 40.6 Å². The summed E-state index contributed by atoms with van der Waals surface area (Å²) < 4.78 is 37.8. The SMILES string of the molecule is COC(=O)c1c(C)oc(C)c1S(=O)(=O)NCCNC1CCCCCC1. The molecule has 0 unspecified atom stereocenters. The Morgan fingerprint density at radius 2 is 1.76 bits per heavy atom. The van der Waals surface area contributed by atoms with Crippen molar-refractivity contribution in [3.8, 4) is 0 Å². The molecule has 8 heteroatoms. The maximum atomic E-state index is 12.6. The fourth-order valence-electron chi connectivity index (χ4n) is 3.34. The first-order valence-electron chi connectivity index (χ1n) is 8.78. The number of nitrogens with one attached hydrogen (secondary N) is 2. The van der Waals surface area contributed by atoms with E-state index in [9.17, 15) is 13.2 Å². The number of aryl methyl sites for hydroxylation is 2. The number of carbonyl (C=O) groups is 1. The standard InChI is InChI=1S/C17H28N2O5S/c1-12-15(17(20)23-3)16(13(2)24-12)25(21,22)19-11-10-18-14-8-6-4-5-7-9-14/h14,18-19H,4-11H2,1-3H3. The number of hydrogen-bond donors (Lipinski definition) is 2. The highest BCUT2D eigenvalue weighted by molar-refractivity contribution is 7.89. The lowest BCUT2D eigenvalue weighted by Crippen LogP contribution is -2.37. The van der Waals surface area contributed by atoms with Gasteiger partial charge in [0.1, 0.15) is 22.0 Å². The molecule has 0 aliphatic heterocycles. The first kappa shape index (κ1) is 19.9. The van der Waals surface area contributed by atoms with Gasteiger partial charge in [0.25, 0.3) is 0 Å². The average molecular weight is 372 g/mol. The van der Waals surface area contributed by atoms with E-state index in [-0.39, 0.29) is 28.5 Å². The van der Waals surface area contributed by atoms with E-state index in [1.165, 1.54) is 39.7 Å². The first-order chi connectivity index (χ1) is 11.9. The number of esters is 1. The minimum atomic E-state index is -3.85. The van der Waals surface area contributed by atoms with Gasteiger partial charge in [0.15, 0.2) is 0 Å². The van der Waals surface area contributed by atoms with Crippen LogP contribution in [0.3, 0.4) is 0 Å². The minimum Gasteiger partial charge on any atom is -0.465 e. The summed E-state index contributed by atoms with van der Waals surface area (Å²) >= 11 is 0. The second kappa shape index (κ2) is 8.82. The van der Waals surface area contributed by atoms with Crippen LogP contribution in [0.25, 0.3) is 0 Å². The normalized spacial score (nSPS) is 16.6. The Labute approximate surface area is 149 Å². The van der Waals surface area contributed by atoms with Crippen molar-refractivity contribution in [2.45, 2.75) is 63.3 Å². The van der Waals surface area contributed by atoms with Gasteiger partial charge < -0.3 is 14.5 Å². The van der Waals surface area contributed by atoms with Gasteiger partial charge in [-0.2, -0.15) is 0 Å². The van der Waals surface area contributed by atoms with Gasteiger partial charge in [-0.15, -0.1) is 0 Å². The Balaban J connectivity index is 1.98. The van der Waals surface area contributed by atoms with E-state index < -0.39 is 16.0 Å². The molecule has 0 aromatic carbocycles. The number of ether oxygens (including phenoxy) is 1. The molecule has 7 nitrogen and oxygen atoms in total. The Bertz CT molecular complexity index is 688. The predicted molar refractivity (Wildman–Crippen MR) is 94.2 cm³/mol. The predicted octanol–water partition coefficient (Wildman–Crippen LogP) is 2.27. The smallest absolute Gasteiger partial charge is 0.342 e. The summed E-state index contributed by atoms with van der Waals surface area (Å²) in [6, 6.07) is 0.454. The topological polar surface area (TPSA) is 97.6 Å². The zero-order chi connectivity index (χ0) is 18.4. The molecular formula is C17H28N2O5S. The van der Waals surface area contributed by atoms with Gasteiger partial charge in [0.2, 0.25) is 10.0 Å². The molecule has 1 aliphatic rings. The number of hydrogen-bond acceptors (Lipinski definition) is 6. The molecule has 1 aliphatic carbocycles. The van der Waals surface area contributed by atoms with Crippen LogP contribution in [0.4, 0.5) is 0 Å². The third-order valence-electron chi connectivity index (χ3n) is 4.57. The Hall–Kier alpha value is -1.38. The minimum absolute atomic E-state index is 0.0378. The molecule has 2 N–H and O–H groups in total. The van der Waals surface area contributed by atoms with Crippen molar-refractivity contribution < 1.29 is 22.4 Å². The molecule has 25 heavy (non-hydrogen) atoms. The third kappa shape index (κ3) is 5.05. The van der Waals surface area contributed by atoms with Crippen LogP contribution < -0.4 is 10.0 Å². The van der Waals surface area contributed by atoms with Crippen LogP contribution in [0, 0.1) is 13.8 Å². The van der Waals surface area contributed by atoms with Crippen LogP contribution >= 0.6 is 0 Å². The second-order valence-electron chi connectivity index (χ2n) is 6.45. The van der Waals surface area contributed by atoms with E-state index in [2.05, 4.69) is 14.8 Å². The number of sulfonamides is 1. The zero-order valence-electron chi connectivity index (χ0n) is 15.2. The van der Waals surface area contributed by atoms with Gasteiger partial charge >= 0.3 is 5.97 Å². The molecule has 142 valence electrons. The molecular weight excluding hydrogens is 344 g/mol. The van der Waals surface area contributed by atoms with E-state index in [1.54, 1.807) is 6.92 Å². The summed E-state index contributed by atoms with van der Waals surface area (Å²) in [6.45, 7) is 3.88. The van der Waals surface area contributed by atoms with Crippen molar-refractivity contribution in [2.75, 3.05) is 20.2 Å². The Kier molecular flexibility index (Phi) is 7.04. The lowest BCUT2D eigenvalue weighted by molar-refractivity contribution is 0.0595. The fourth-order valence-corrected chi connectivity index (χ4v) is 4.77. The number of methoxy groups -OCH3 is 1. The molecule has 0 spiro atoms. The zero-order valence-corrected chi connectivity index (χ0v) is 16.0. The highest BCUT2D eigenvalue weighted by Gasteiger charge is 2.31. The Morgan fingerprint density at radius 3 is 2.36 bits per heavy atom. The van der Waals surface area contributed by atoms with Crippen molar-refractivity contribution >= 4 is 16.0 Å². The lowest BCUT2D eigenvalue weighted by Gasteiger charge is -2.16. The molecule has 1 heterocycles. The summed E-state index contributed by atoms with van der Waals surface area (Å²) in [6.07, 6.45) is 7.28. The largest absolute Gasteiger partial charge is 0.465 e. The van der Waals surface area contributed by atoms with Crippen molar-refractivity contribution in [3.05, 3.63) is 17.1 Å². The first-order valence-corrected chi connectivity index (χ1v) is 10.3. The molecule has 0 saturated heterocycles. The molecule has 0 atom stereocenters. The van der Waals surface area contributed by atoms with Crippen molar-refractivity contribution in [1.29, 1.82) is 0 Å². The van der Waals surface area contributed by atoms with Crippen LogP contribution in [0.5, 0.6) is 0 Å². The number of furan rings is 1. The maximum absolute atomic E-state index is 12.6. The van der Waals surface area contributed by atoms with Gasteiger partial charge in [-0.1, -0.05) is 25.7 Å². The van der Waals surface area contributed by atoms with E-state index >= 15 is 0 Å². The van der Waals surface area contributed by atoms with E-state index in [1.807, 2.05) is 0 Å². The van der Waals surface area contributed by atoms with Gasteiger partial charge in [-0.3, -0.25) is 0 Å². The summed E-state index contributed by atoms with van der Waals surface area (Å²) in [5.41, 5.74) is -0.0378. The second-order valence-corrected chi connectivity index (χ2v) is 8.15. The average Bonchev–Trinajstić information content (AvgIpc) is 2.75. The van der Waals surface area contributed by atoms with Crippen LogP contribution in [0.1, 0.15) is 60.4 Å². The van der Waals surface area contributed by atoms with Gasteiger partial charge in [-0.05, 0) is 26.7 Å². The van der Waals surface area contributed by atoms with E-state index in [0.717, 1.165) is 12.8 Å². The molecule has 1 saturated carbocycles. The Morgan fingerprint density at radius 1 is 1.12 bits per heavy atom. The molecule has 0 radical (unpaired) electrons. The van der Waals surface area contributed by atoms with Crippen molar-refractivity contribution in [2.24, 2.45) is 0 Å². The molecule has 1 aromatic rings. The van der Waals surface area contributed by atoms with E-state index in [0.29, 0.717) is 12.6 Å². The highest BCUT2D eigenvalue weighted by atomic mass is 32.2. The van der Waals surface area contributed by atoms with Gasteiger partial charge in [0.05, 0.1) is 7.11 Å². The van der Waals surface area contributed by atoms with Gasteiger partial charge in [-0.25, -0.2) is 17.9 Å². The van der Waals surface area contributed by atoms with Crippen LogP contribution in [-0.2, 0) is 14.8 Å². The molecule has 1 fully saturated rings. The molecule has 2 rings (SSSR count). The molecule has 0 amide bonds. The summed E-state index contributed by atoms with van der Waals surface area (Å²) in [5, 5.41) is 3.41. The summed E-state index contributed by atoms with van der Waals surface area (Å²) in [5.74, 6) is -0.297. The highest BCUT2D eigenvalue weighted by Crippen LogP contribution is 2.27. The molecule has 0 bridgehead atoms. The van der Waals surface area contributed by atoms with Crippen molar-refractivity contribution in [3.63, 3.8) is 0 Å². The van der Waals surface area contributed by atoms with Crippen molar-refractivity contribution in [1.82, 2.24) is 10.0 Å². The van der Waals surface area contributed by atoms with Crippen LogP contribution in [0.2, 0.25) is 0 Å². The number of rotatable bonds is 7. The van der Waals surface area contributed by atoms with Crippen LogP contribution in [0.15, 0.2) is 9.31 Å². The third-order valence-corrected chi connectivity index (χ3v) is 6.18. The fraction of sp³-hybridized carbons (Fsp3) is 0.706. The maximum Gasteiger partial charge on any atom is 0.342 e. The quantitative estimate of drug-likeness (QED) is 0.433. The monoisotopic (exact) mass is 372 g/mol. The molecule has 1 aromatic heterocycles. The lowest BCUT2D eigenvalue weighted by atomic mass is 10.1.